The van der Waals surface area contributed by atoms with Gasteiger partial charge in [-0.1, -0.05) is 12.1 Å². The summed E-state index contributed by atoms with van der Waals surface area (Å²) in [4.78, 5) is 10.4. The van der Waals surface area contributed by atoms with E-state index in [2.05, 4.69) is 15.4 Å². The molecule has 54 valence electrons. The van der Waals surface area contributed by atoms with Crippen LogP contribution in [0.1, 0.15) is 25.0 Å². The Morgan fingerprint density at radius 1 is 1.90 bits per heavy atom. The maximum atomic E-state index is 10.4. The van der Waals surface area contributed by atoms with Gasteiger partial charge >= 0.3 is 0 Å². The van der Waals surface area contributed by atoms with E-state index in [9.17, 15) is 4.79 Å². The topological polar surface area (TPSA) is 58.6 Å². The number of carbonyl (C=O) groups is 1. The summed E-state index contributed by atoms with van der Waals surface area (Å²) in [5.74, 6) is -0.0984. The van der Waals surface area contributed by atoms with Gasteiger partial charge in [0.2, 0.25) is 0 Å². The third-order valence-corrected chi connectivity index (χ3v) is 1.42. The van der Waals surface area contributed by atoms with Gasteiger partial charge in [-0.25, -0.2) is 0 Å². The van der Waals surface area contributed by atoms with Crippen LogP contribution in [0.5, 0.6) is 0 Å². The second-order valence-electron chi connectivity index (χ2n) is 2.05. The molecule has 4 nitrogen and oxygen atoms in total. The van der Waals surface area contributed by atoms with E-state index in [4.69, 9.17) is 0 Å². The molecule has 1 aromatic rings. The SMILES string of the molecule is CCC(C=O)c1c[nH]nn1. The Kier molecular flexibility index (Phi) is 2.15. The molecule has 0 saturated heterocycles. The van der Waals surface area contributed by atoms with Crippen LogP contribution in [0, 0.1) is 0 Å². The highest BCUT2D eigenvalue weighted by atomic mass is 16.1. The molecule has 1 heterocycles. The number of nitrogens with zero attached hydrogens (tertiary/aromatic N) is 2. The summed E-state index contributed by atoms with van der Waals surface area (Å²) in [6.45, 7) is 1.94. The Morgan fingerprint density at radius 3 is 3.10 bits per heavy atom. The minimum absolute atomic E-state index is 0.0984. The van der Waals surface area contributed by atoms with E-state index in [-0.39, 0.29) is 5.92 Å². The van der Waals surface area contributed by atoms with E-state index in [0.29, 0.717) is 0 Å². The maximum absolute atomic E-state index is 10.4. The van der Waals surface area contributed by atoms with Gasteiger partial charge in [0.05, 0.1) is 11.6 Å². The highest BCUT2D eigenvalue weighted by Crippen LogP contribution is 2.11. The first-order valence-electron chi connectivity index (χ1n) is 3.20. The number of H-pyrrole nitrogens is 1. The Hall–Kier alpha value is -1.19. The lowest BCUT2D eigenvalue weighted by Crippen LogP contribution is -1.98. The van der Waals surface area contributed by atoms with Crippen molar-refractivity contribution in [1.29, 1.82) is 0 Å². The summed E-state index contributed by atoms with van der Waals surface area (Å²) in [5.41, 5.74) is 0.720. The zero-order chi connectivity index (χ0) is 7.40. The van der Waals surface area contributed by atoms with Crippen LogP contribution in [-0.2, 0) is 4.79 Å². The zero-order valence-electron chi connectivity index (χ0n) is 5.74. The van der Waals surface area contributed by atoms with Gasteiger partial charge in [-0.3, -0.25) is 5.10 Å². The van der Waals surface area contributed by atoms with Gasteiger partial charge in [-0.15, -0.1) is 5.10 Å². The van der Waals surface area contributed by atoms with Crippen molar-refractivity contribution in [3.63, 3.8) is 0 Å². The molecule has 0 saturated carbocycles. The Bertz CT molecular complexity index is 195. The van der Waals surface area contributed by atoms with Crippen molar-refractivity contribution in [2.24, 2.45) is 0 Å². The molecule has 0 aliphatic rings. The van der Waals surface area contributed by atoms with Crippen LogP contribution in [0.15, 0.2) is 6.20 Å². The number of aldehydes is 1. The fourth-order valence-corrected chi connectivity index (χ4v) is 0.767. The van der Waals surface area contributed by atoms with Crippen LogP contribution in [-0.4, -0.2) is 21.7 Å². The fourth-order valence-electron chi connectivity index (χ4n) is 0.767. The molecule has 0 radical (unpaired) electrons. The molecule has 10 heavy (non-hydrogen) atoms. The van der Waals surface area contributed by atoms with Crippen molar-refractivity contribution < 1.29 is 4.79 Å². The van der Waals surface area contributed by atoms with E-state index in [1.54, 1.807) is 6.20 Å². The summed E-state index contributed by atoms with van der Waals surface area (Å²) in [6, 6.07) is 0. The lowest BCUT2D eigenvalue weighted by Gasteiger charge is -1.98. The molecular weight excluding hydrogens is 130 g/mol. The quantitative estimate of drug-likeness (QED) is 0.620. The predicted molar refractivity (Wildman–Crippen MR) is 35.5 cm³/mol. The molecule has 0 aliphatic heterocycles. The van der Waals surface area contributed by atoms with Crippen molar-refractivity contribution in [3.05, 3.63) is 11.9 Å². The molecule has 0 aromatic carbocycles. The molecule has 1 unspecified atom stereocenters. The van der Waals surface area contributed by atoms with Gasteiger partial charge in [-0.2, -0.15) is 0 Å². The fraction of sp³-hybridized carbons (Fsp3) is 0.500. The summed E-state index contributed by atoms with van der Waals surface area (Å²) in [5, 5.41) is 9.79. The van der Waals surface area contributed by atoms with Crippen LogP contribution in [0.25, 0.3) is 0 Å². The largest absolute Gasteiger partial charge is 0.303 e. The van der Waals surface area contributed by atoms with Crippen LogP contribution in [0.2, 0.25) is 0 Å². The number of nitrogens with one attached hydrogen (secondary N) is 1. The van der Waals surface area contributed by atoms with Gasteiger partial charge < -0.3 is 4.79 Å². The van der Waals surface area contributed by atoms with Crippen molar-refractivity contribution in [2.75, 3.05) is 0 Å². The van der Waals surface area contributed by atoms with E-state index in [1.807, 2.05) is 6.92 Å². The van der Waals surface area contributed by atoms with Crippen molar-refractivity contribution >= 4 is 6.29 Å². The van der Waals surface area contributed by atoms with Crippen molar-refractivity contribution in [2.45, 2.75) is 19.3 Å². The van der Waals surface area contributed by atoms with Crippen LogP contribution < -0.4 is 0 Å². The second-order valence-corrected chi connectivity index (χ2v) is 2.05. The first-order chi connectivity index (χ1) is 4.88. The van der Waals surface area contributed by atoms with E-state index < -0.39 is 0 Å². The van der Waals surface area contributed by atoms with Crippen molar-refractivity contribution in [1.82, 2.24) is 15.4 Å². The Balaban J connectivity index is 2.73. The summed E-state index contributed by atoms with van der Waals surface area (Å²) >= 11 is 0. The summed E-state index contributed by atoms with van der Waals surface area (Å²) < 4.78 is 0. The minimum atomic E-state index is -0.0984. The number of hydrogen-bond acceptors (Lipinski definition) is 3. The maximum Gasteiger partial charge on any atom is 0.129 e. The number of carbonyl (C=O) groups excluding carboxylic acids is 1. The lowest BCUT2D eigenvalue weighted by molar-refractivity contribution is -0.109. The third kappa shape index (κ3) is 1.21. The molecule has 0 spiro atoms. The molecule has 0 amide bonds. The zero-order valence-corrected chi connectivity index (χ0v) is 5.74. The van der Waals surface area contributed by atoms with E-state index >= 15 is 0 Å². The van der Waals surface area contributed by atoms with Crippen LogP contribution in [0.3, 0.4) is 0 Å². The molecule has 0 bridgehead atoms. The average Bonchev–Trinajstić information content (AvgIpc) is 2.43. The molecular formula is C6H9N3O. The normalized spacial score (nSPS) is 12.9. The number of aromatic nitrogens is 3. The van der Waals surface area contributed by atoms with Gasteiger partial charge in [0.25, 0.3) is 0 Å². The molecule has 1 N–H and O–H groups in total. The van der Waals surface area contributed by atoms with E-state index in [1.165, 1.54) is 0 Å². The monoisotopic (exact) mass is 139 g/mol. The van der Waals surface area contributed by atoms with Gasteiger partial charge in [0.15, 0.2) is 0 Å². The van der Waals surface area contributed by atoms with E-state index in [0.717, 1.165) is 18.4 Å². The predicted octanol–water partition coefficient (Wildman–Crippen LogP) is 0.497. The van der Waals surface area contributed by atoms with Crippen molar-refractivity contribution in [3.8, 4) is 0 Å². The highest BCUT2D eigenvalue weighted by molar-refractivity contribution is 5.60. The molecule has 1 atom stereocenters. The molecule has 1 rings (SSSR count). The molecule has 0 aliphatic carbocycles. The van der Waals surface area contributed by atoms with Gasteiger partial charge in [-0.05, 0) is 6.42 Å². The van der Waals surface area contributed by atoms with Crippen LogP contribution >= 0.6 is 0 Å². The highest BCUT2D eigenvalue weighted by Gasteiger charge is 2.09. The van der Waals surface area contributed by atoms with Gasteiger partial charge in [0.1, 0.15) is 6.29 Å². The number of hydrogen-bond donors (Lipinski definition) is 1. The Morgan fingerprint density at radius 2 is 2.70 bits per heavy atom. The van der Waals surface area contributed by atoms with Crippen LogP contribution in [0.4, 0.5) is 0 Å². The first-order valence-corrected chi connectivity index (χ1v) is 3.20. The Labute approximate surface area is 58.6 Å². The number of aromatic amines is 1. The summed E-state index contributed by atoms with van der Waals surface area (Å²) in [7, 11) is 0. The molecule has 4 heteroatoms. The minimum Gasteiger partial charge on any atom is -0.303 e. The van der Waals surface area contributed by atoms with Gasteiger partial charge in [0, 0.05) is 6.20 Å². The standard InChI is InChI=1S/C6H9N3O/c1-2-5(4-10)6-3-7-9-8-6/h3-5H,2H2,1H3,(H,7,8,9). The molecule has 0 fully saturated rings. The average molecular weight is 139 g/mol. The molecule has 1 aromatic heterocycles. The number of rotatable bonds is 3. The summed E-state index contributed by atoms with van der Waals surface area (Å²) in [6.07, 6.45) is 3.30. The second kappa shape index (κ2) is 3.10. The smallest absolute Gasteiger partial charge is 0.129 e. The first kappa shape index (κ1) is 6.92. The lowest BCUT2D eigenvalue weighted by atomic mass is 10.1. The third-order valence-electron chi connectivity index (χ3n) is 1.42.